The largest absolute Gasteiger partial charge is 0.491 e. The topological polar surface area (TPSA) is 81.9 Å². The molecule has 0 radical (unpaired) electrons. The van der Waals surface area contributed by atoms with E-state index in [0.29, 0.717) is 6.54 Å². The molecule has 0 aliphatic heterocycles. The number of anilines is 1. The molecular formula is C13H13F4N5O2. The smallest absolute Gasteiger partial charge is 0.270 e. The van der Waals surface area contributed by atoms with E-state index in [2.05, 4.69) is 20.1 Å². The van der Waals surface area contributed by atoms with Crippen molar-refractivity contribution in [3.05, 3.63) is 28.8 Å². The molecule has 1 aromatic heterocycles. The van der Waals surface area contributed by atoms with Crippen LogP contribution in [0.3, 0.4) is 0 Å². The van der Waals surface area contributed by atoms with Crippen molar-refractivity contribution < 1.29 is 27.1 Å². The van der Waals surface area contributed by atoms with Crippen LogP contribution in [0.25, 0.3) is 0 Å². The normalized spacial score (nSPS) is 10.8. The lowest BCUT2D eigenvalue weighted by Crippen LogP contribution is -2.19. The maximum atomic E-state index is 13.8. The Morgan fingerprint density at radius 2 is 1.79 bits per heavy atom. The third kappa shape index (κ3) is 3.29. The highest BCUT2D eigenvalue weighted by atomic mass is 19.2. The lowest BCUT2D eigenvalue weighted by molar-refractivity contribution is 0.101. The van der Waals surface area contributed by atoms with Crippen LogP contribution in [0, 0.1) is 23.3 Å². The van der Waals surface area contributed by atoms with Gasteiger partial charge in [-0.05, 0) is 11.6 Å². The van der Waals surface area contributed by atoms with Gasteiger partial charge in [-0.25, -0.2) is 8.78 Å². The van der Waals surface area contributed by atoms with E-state index in [1.165, 1.54) is 4.80 Å². The van der Waals surface area contributed by atoms with E-state index >= 15 is 0 Å². The highest BCUT2D eigenvalue weighted by Crippen LogP contribution is 2.29. The minimum Gasteiger partial charge on any atom is -0.491 e. The van der Waals surface area contributed by atoms with Crippen LogP contribution in [-0.2, 0) is 6.54 Å². The number of ether oxygens (including phenoxy) is 1. The Labute approximate surface area is 133 Å². The number of amides is 1. The number of nitrogens with zero attached hydrogens (tertiary/aromatic N) is 4. The Bertz CT molecular complexity index is 736. The third-order valence-corrected chi connectivity index (χ3v) is 3.04. The molecule has 0 unspecified atom stereocenters. The molecule has 130 valence electrons. The van der Waals surface area contributed by atoms with Crippen molar-refractivity contribution in [3.8, 4) is 5.75 Å². The van der Waals surface area contributed by atoms with Crippen LogP contribution in [-0.4, -0.2) is 33.2 Å². The van der Waals surface area contributed by atoms with Gasteiger partial charge in [-0.15, -0.1) is 5.10 Å². The van der Waals surface area contributed by atoms with Crippen molar-refractivity contribution in [3.63, 3.8) is 0 Å². The van der Waals surface area contributed by atoms with Crippen molar-refractivity contribution in [1.29, 1.82) is 0 Å². The number of benzene rings is 1. The van der Waals surface area contributed by atoms with Gasteiger partial charge in [0.15, 0.2) is 17.4 Å². The molecule has 24 heavy (non-hydrogen) atoms. The van der Waals surface area contributed by atoms with E-state index in [0.717, 1.165) is 20.0 Å². The van der Waals surface area contributed by atoms with Crippen molar-refractivity contribution in [2.45, 2.75) is 26.3 Å². The Kier molecular flexibility index (Phi) is 5.31. The molecule has 7 nitrogen and oxygen atoms in total. The number of unbranched alkanes of at least 4 members (excludes halogenated alkanes) is 1. The first-order valence-electron chi connectivity index (χ1n) is 6.89. The minimum atomic E-state index is -1.89. The lowest BCUT2D eigenvalue weighted by atomic mass is 10.1. The van der Waals surface area contributed by atoms with Crippen LogP contribution in [0.15, 0.2) is 0 Å². The van der Waals surface area contributed by atoms with Gasteiger partial charge in [0, 0.05) is 0 Å². The van der Waals surface area contributed by atoms with Gasteiger partial charge >= 0.3 is 0 Å². The molecule has 0 aliphatic carbocycles. The molecule has 0 fully saturated rings. The molecule has 0 aliphatic rings. The predicted octanol–water partition coefficient (Wildman–Crippen LogP) is 2.29. The molecule has 1 N–H and O–H groups in total. The highest BCUT2D eigenvalue weighted by Gasteiger charge is 2.30. The SMILES string of the molecule is CCCCn1nnc(NC(=O)c2c(F)c(F)c(OC)c(F)c2F)n1. The number of nitrogens with one attached hydrogen (secondary N) is 1. The van der Waals surface area contributed by atoms with E-state index in [9.17, 15) is 22.4 Å². The molecular weight excluding hydrogens is 334 g/mol. The van der Waals surface area contributed by atoms with Crippen LogP contribution < -0.4 is 10.1 Å². The van der Waals surface area contributed by atoms with Gasteiger partial charge in [-0.1, -0.05) is 18.4 Å². The second kappa shape index (κ2) is 7.23. The number of aromatic nitrogens is 4. The quantitative estimate of drug-likeness (QED) is 0.640. The van der Waals surface area contributed by atoms with Gasteiger partial charge in [-0.2, -0.15) is 13.6 Å². The number of hydrogen-bond acceptors (Lipinski definition) is 5. The van der Waals surface area contributed by atoms with Gasteiger partial charge in [0.2, 0.25) is 11.6 Å². The maximum absolute atomic E-state index is 13.8. The second-order valence-electron chi connectivity index (χ2n) is 4.68. The first-order chi connectivity index (χ1) is 11.4. The zero-order valence-electron chi connectivity index (χ0n) is 12.7. The molecule has 1 aromatic carbocycles. The molecule has 1 heterocycles. The fourth-order valence-electron chi connectivity index (χ4n) is 1.84. The number of halogens is 4. The summed E-state index contributed by atoms with van der Waals surface area (Å²) in [5, 5.41) is 12.8. The van der Waals surface area contributed by atoms with Crippen LogP contribution in [0.5, 0.6) is 5.75 Å². The summed E-state index contributed by atoms with van der Waals surface area (Å²) in [6.07, 6.45) is 1.62. The van der Waals surface area contributed by atoms with E-state index in [4.69, 9.17) is 0 Å². The summed E-state index contributed by atoms with van der Waals surface area (Å²) in [5.74, 6) is -10.5. The zero-order valence-corrected chi connectivity index (χ0v) is 12.7. The van der Waals surface area contributed by atoms with Gasteiger partial charge in [0.25, 0.3) is 11.9 Å². The molecule has 0 spiro atoms. The highest BCUT2D eigenvalue weighted by molar-refractivity contribution is 6.03. The number of tetrazole rings is 1. The Hall–Kier alpha value is -2.72. The van der Waals surface area contributed by atoms with Crippen LogP contribution in [0.1, 0.15) is 30.1 Å². The van der Waals surface area contributed by atoms with Crippen molar-refractivity contribution in [1.82, 2.24) is 20.2 Å². The van der Waals surface area contributed by atoms with Crippen LogP contribution in [0.4, 0.5) is 23.5 Å². The minimum absolute atomic E-state index is 0.355. The molecule has 1 amide bonds. The van der Waals surface area contributed by atoms with Gasteiger partial charge < -0.3 is 4.74 Å². The number of hydrogen-bond donors (Lipinski definition) is 1. The van der Waals surface area contributed by atoms with Gasteiger partial charge in [-0.3, -0.25) is 10.1 Å². The van der Waals surface area contributed by atoms with Gasteiger partial charge in [0.1, 0.15) is 5.56 Å². The zero-order chi connectivity index (χ0) is 17.9. The number of rotatable bonds is 6. The number of carbonyl (C=O) groups is 1. The van der Waals surface area contributed by atoms with E-state index in [1.807, 2.05) is 12.2 Å². The van der Waals surface area contributed by atoms with Crippen molar-refractivity contribution in [2.24, 2.45) is 0 Å². The van der Waals surface area contributed by atoms with Crippen molar-refractivity contribution >= 4 is 11.9 Å². The molecule has 0 saturated heterocycles. The summed E-state index contributed by atoms with van der Waals surface area (Å²) in [4.78, 5) is 13.1. The average Bonchev–Trinajstić information content (AvgIpc) is 2.99. The molecule has 2 rings (SSSR count). The van der Waals surface area contributed by atoms with Crippen molar-refractivity contribution in [2.75, 3.05) is 12.4 Å². The number of methoxy groups -OCH3 is 1. The lowest BCUT2D eigenvalue weighted by Gasteiger charge is -2.10. The number of aryl methyl sites for hydroxylation is 1. The summed E-state index contributed by atoms with van der Waals surface area (Å²) in [6, 6.07) is 0. The fraction of sp³-hybridized carbons (Fsp3) is 0.385. The monoisotopic (exact) mass is 347 g/mol. The predicted molar refractivity (Wildman–Crippen MR) is 73.5 cm³/mol. The first-order valence-corrected chi connectivity index (χ1v) is 6.89. The Balaban J connectivity index is 2.29. The molecule has 0 bridgehead atoms. The Morgan fingerprint density at radius 1 is 1.17 bits per heavy atom. The summed E-state index contributed by atoms with van der Waals surface area (Å²) in [5.41, 5.74) is -1.45. The summed E-state index contributed by atoms with van der Waals surface area (Å²) in [6.45, 7) is 2.37. The summed E-state index contributed by atoms with van der Waals surface area (Å²) in [7, 11) is 0.832. The summed E-state index contributed by atoms with van der Waals surface area (Å²) < 4.78 is 59.1. The molecule has 11 heteroatoms. The van der Waals surface area contributed by atoms with E-state index < -0.39 is 40.5 Å². The van der Waals surface area contributed by atoms with E-state index in [-0.39, 0.29) is 5.95 Å². The average molecular weight is 347 g/mol. The second-order valence-corrected chi connectivity index (χ2v) is 4.68. The third-order valence-electron chi connectivity index (χ3n) is 3.04. The molecule has 2 aromatic rings. The molecule has 0 saturated carbocycles. The maximum Gasteiger partial charge on any atom is 0.270 e. The van der Waals surface area contributed by atoms with Crippen LogP contribution >= 0.6 is 0 Å². The number of carbonyl (C=O) groups excluding carboxylic acids is 1. The standard InChI is InChI=1S/C13H13F4N5O2/c1-3-4-5-22-20-13(19-21-22)18-12(23)6-7(14)9(16)11(24-2)10(17)8(6)15/h3-5H2,1-2H3,(H,18,20,23). The molecule has 0 atom stereocenters. The van der Waals surface area contributed by atoms with Gasteiger partial charge in [0.05, 0.1) is 13.7 Å². The fourth-order valence-corrected chi connectivity index (χ4v) is 1.84. The van der Waals surface area contributed by atoms with Crippen LogP contribution in [0.2, 0.25) is 0 Å². The van der Waals surface area contributed by atoms with E-state index in [1.54, 1.807) is 0 Å². The first kappa shape index (κ1) is 17.6. The Morgan fingerprint density at radius 3 is 2.33 bits per heavy atom. The summed E-state index contributed by atoms with van der Waals surface area (Å²) >= 11 is 0.